The molecule has 3 heteroatoms. The van der Waals surface area contributed by atoms with E-state index < -0.39 is 0 Å². The molecule has 0 aromatic rings. The Morgan fingerprint density at radius 3 is 2.31 bits per heavy atom. The Hall–Kier alpha value is -2.03. The van der Waals surface area contributed by atoms with Gasteiger partial charge in [0.05, 0.1) is 11.4 Å². The van der Waals surface area contributed by atoms with Gasteiger partial charge in [-0.15, -0.1) is 0 Å². The molecule has 0 radical (unpaired) electrons. The Morgan fingerprint density at radius 2 is 1.71 bits per heavy atom. The molecule has 0 aromatic heterocycles. The van der Waals surface area contributed by atoms with E-state index in [9.17, 15) is 0 Å². The van der Waals surface area contributed by atoms with Crippen LogP contribution in [0.4, 0.5) is 0 Å². The predicted octanol–water partition coefficient (Wildman–Crippen LogP) is 9.17. The molecular formula is C32H55N3. The minimum absolute atomic E-state index is 0.473. The molecule has 0 bridgehead atoms. The van der Waals surface area contributed by atoms with Gasteiger partial charge in [-0.2, -0.15) is 0 Å². The van der Waals surface area contributed by atoms with Crippen LogP contribution in [-0.2, 0) is 0 Å². The summed E-state index contributed by atoms with van der Waals surface area (Å²) in [6.45, 7) is 19.8. The molecule has 0 spiro atoms. The van der Waals surface area contributed by atoms with Crippen LogP contribution in [0, 0.1) is 5.41 Å². The molecule has 0 fully saturated rings. The summed E-state index contributed by atoms with van der Waals surface area (Å²) in [5.74, 6) is 0. The van der Waals surface area contributed by atoms with Crippen LogP contribution in [-0.4, -0.2) is 18.8 Å². The van der Waals surface area contributed by atoms with Crippen molar-refractivity contribution in [2.75, 3.05) is 13.1 Å². The molecule has 0 aromatic carbocycles. The summed E-state index contributed by atoms with van der Waals surface area (Å²) in [6, 6.07) is 0. The molecule has 0 aliphatic heterocycles. The van der Waals surface area contributed by atoms with E-state index in [1.54, 1.807) is 0 Å². The van der Waals surface area contributed by atoms with Gasteiger partial charge in [-0.3, -0.25) is 4.99 Å². The van der Waals surface area contributed by atoms with Crippen LogP contribution >= 0.6 is 0 Å². The van der Waals surface area contributed by atoms with Crippen LogP contribution in [0.15, 0.2) is 64.6 Å². The Morgan fingerprint density at radius 1 is 1.00 bits per heavy atom. The van der Waals surface area contributed by atoms with Crippen LogP contribution in [0.25, 0.3) is 0 Å². The standard InChI is InChI=1S/C32H55N3/c1-8-13-23-32(7,12-5)24-22-27(6)33-25-18-14-15-19-26-34-29(10-3)30(11-4)35-31-21-17-16-20-28(31)9-2/h10-11,16-17,20,33-34H,6,8-9,12-15,18-19,21-26H2,1-5,7H3/b29-10+,30-11+,35-31?. The van der Waals surface area contributed by atoms with E-state index in [1.165, 1.54) is 74.8 Å². The van der Waals surface area contributed by atoms with Crippen molar-refractivity contribution in [1.82, 2.24) is 10.6 Å². The fourth-order valence-electron chi connectivity index (χ4n) is 4.51. The van der Waals surface area contributed by atoms with Gasteiger partial charge in [0.2, 0.25) is 0 Å². The maximum atomic E-state index is 4.99. The number of nitrogens with one attached hydrogen (secondary N) is 2. The van der Waals surface area contributed by atoms with Gasteiger partial charge in [-0.05, 0) is 63.4 Å². The molecule has 1 aliphatic rings. The molecule has 35 heavy (non-hydrogen) atoms. The fourth-order valence-corrected chi connectivity index (χ4v) is 4.51. The van der Waals surface area contributed by atoms with Gasteiger partial charge in [0, 0.05) is 30.9 Å². The second-order valence-corrected chi connectivity index (χ2v) is 10.3. The number of hydrogen-bond donors (Lipinski definition) is 2. The summed E-state index contributed by atoms with van der Waals surface area (Å²) in [6.07, 6.45) is 25.2. The minimum atomic E-state index is 0.473. The number of nitrogens with zero attached hydrogens (tertiary/aromatic N) is 1. The molecule has 1 atom stereocenters. The maximum absolute atomic E-state index is 4.99. The Kier molecular flexibility index (Phi) is 16.2. The summed E-state index contributed by atoms with van der Waals surface area (Å²) < 4.78 is 0. The van der Waals surface area contributed by atoms with E-state index in [4.69, 9.17) is 4.99 Å². The number of hydrogen-bond acceptors (Lipinski definition) is 3. The molecule has 1 unspecified atom stereocenters. The van der Waals surface area contributed by atoms with E-state index in [0.717, 1.165) is 43.7 Å². The monoisotopic (exact) mass is 481 g/mol. The van der Waals surface area contributed by atoms with Crippen LogP contribution < -0.4 is 10.6 Å². The lowest BCUT2D eigenvalue weighted by Gasteiger charge is -2.28. The Labute approximate surface area is 218 Å². The molecule has 2 N–H and O–H groups in total. The zero-order chi connectivity index (χ0) is 25.9. The van der Waals surface area contributed by atoms with Crippen molar-refractivity contribution in [3.05, 3.63) is 59.6 Å². The minimum Gasteiger partial charge on any atom is -0.389 e. The SMILES string of the molecule is C=C(CCC(C)(CC)CCCC)NCCCCCCNC(=C/C)/C(=C\C)N=C1CC=CC=C1CC. The first-order chi connectivity index (χ1) is 16.9. The van der Waals surface area contributed by atoms with Crippen LogP contribution in [0.5, 0.6) is 0 Å². The van der Waals surface area contributed by atoms with Crippen molar-refractivity contribution in [3.63, 3.8) is 0 Å². The van der Waals surface area contributed by atoms with E-state index in [1.807, 2.05) is 0 Å². The van der Waals surface area contributed by atoms with E-state index in [-0.39, 0.29) is 0 Å². The third-order valence-corrected chi connectivity index (χ3v) is 7.40. The van der Waals surface area contributed by atoms with Gasteiger partial charge in [-0.1, -0.05) is 96.8 Å². The molecule has 0 saturated carbocycles. The number of allylic oxidation sites excluding steroid dienone is 7. The second kappa shape index (κ2) is 18.3. The van der Waals surface area contributed by atoms with Crippen LogP contribution in [0.1, 0.15) is 119 Å². The first kappa shape index (κ1) is 31.0. The highest BCUT2D eigenvalue weighted by Gasteiger charge is 2.21. The molecule has 1 aliphatic carbocycles. The van der Waals surface area contributed by atoms with Crippen LogP contribution in [0.2, 0.25) is 0 Å². The van der Waals surface area contributed by atoms with Crippen molar-refractivity contribution < 1.29 is 0 Å². The zero-order valence-corrected chi connectivity index (χ0v) is 23.9. The zero-order valence-electron chi connectivity index (χ0n) is 23.9. The molecule has 0 saturated heterocycles. The highest BCUT2D eigenvalue weighted by Crippen LogP contribution is 2.34. The van der Waals surface area contributed by atoms with Gasteiger partial charge in [0.1, 0.15) is 0 Å². The lowest BCUT2D eigenvalue weighted by molar-refractivity contribution is 0.251. The molecule has 198 valence electrons. The highest BCUT2D eigenvalue weighted by atomic mass is 14.9. The quantitative estimate of drug-likeness (QED) is 0.142. The smallest absolute Gasteiger partial charge is 0.0818 e. The first-order valence-electron chi connectivity index (χ1n) is 14.3. The number of rotatable bonds is 19. The normalized spacial score (nSPS) is 17.3. The van der Waals surface area contributed by atoms with E-state index in [2.05, 4.69) is 89.1 Å². The first-order valence-corrected chi connectivity index (χ1v) is 14.3. The summed E-state index contributed by atoms with van der Waals surface area (Å²) in [4.78, 5) is 4.99. The van der Waals surface area contributed by atoms with Gasteiger partial charge in [0.25, 0.3) is 0 Å². The maximum Gasteiger partial charge on any atom is 0.0818 e. The fraction of sp³-hybridized carbons (Fsp3) is 0.656. The molecule has 0 heterocycles. The predicted molar refractivity (Wildman–Crippen MR) is 158 cm³/mol. The van der Waals surface area contributed by atoms with Gasteiger partial charge in [-0.25, -0.2) is 0 Å². The Bertz CT molecular complexity index is 766. The summed E-state index contributed by atoms with van der Waals surface area (Å²) in [5, 5.41) is 7.19. The third-order valence-electron chi connectivity index (χ3n) is 7.40. The van der Waals surface area contributed by atoms with Gasteiger partial charge < -0.3 is 10.6 Å². The van der Waals surface area contributed by atoms with Crippen molar-refractivity contribution in [3.8, 4) is 0 Å². The average Bonchev–Trinajstić information content (AvgIpc) is 2.89. The average molecular weight is 482 g/mol. The summed E-state index contributed by atoms with van der Waals surface area (Å²) in [7, 11) is 0. The van der Waals surface area contributed by atoms with Crippen molar-refractivity contribution in [2.45, 2.75) is 119 Å². The molecular weight excluding hydrogens is 426 g/mol. The second-order valence-electron chi connectivity index (χ2n) is 10.3. The van der Waals surface area contributed by atoms with E-state index in [0.29, 0.717) is 5.41 Å². The summed E-state index contributed by atoms with van der Waals surface area (Å²) in [5.41, 5.74) is 6.42. The Balaban J connectivity index is 2.25. The van der Waals surface area contributed by atoms with Crippen molar-refractivity contribution >= 4 is 5.71 Å². The lowest BCUT2D eigenvalue weighted by atomic mass is 9.78. The van der Waals surface area contributed by atoms with Gasteiger partial charge in [0.15, 0.2) is 0 Å². The summed E-state index contributed by atoms with van der Waals surface area (Å²) >= 11 is 0. The van der Waals surface area contributed by atoms with Gasteiger partial charge >= 0.3 is 0 Å². The third kappa shape index (κ3) is 12.5. The highest BCUT2D eigenvalue weighted by molar-refractivity contribution is 6.02. The lowest BCUT2D eigenvalue weighted by Crippen LogP contribution is -2.19. The molecule has 1 rings (SSSR count). The number of aliphatic imine (C=N–C) groups is 1. The molecule has 3 nitrogen and oxygen atoms in total. The van der Waals surface area contributed by atoms with Crippen molar-refractivity contribution in [2.24, 2.45) is 10.4 Å². The van der Waals surface area contributed by atoms with E-state index >= 15 is 0 Å². The topological polar surface area (TPSA) is 36.4 Å². The largest absolute Gasteiger partial charge is 0.389 e. The van der Waals surface area contributed by atoms with Crippen LogP contribution in [0.3, 0.4) is 0 Å². The number of unbranched alkanes of at least 4 members (excludes halogenated alkanes) is 4. The molecule has 0 amide bonds. The van der Waals surface area contributed by atoms with Crippen molar-refractivity contribution in [1.29, 1.82) is 0 Å².